The minimum Gasteiger partial charge on any atom is -0.392 e. The van der Waals surface area contributed by atoms with E-state index in [0.29, 0.717) is 18.1 Å². The molecule has 2 aromatic heterocycles. The summed E-state index contributed by atoms with van der Waals surface area (Å²) in [6.45, 7) is 2.10. The molecule has 2 aromatic carbocycles. The van der Waals surface area contributed by atoms with Gasteiger partial charge in [-0.15, -0.1) is 0 Å². The van der Waals surface area contributed by atoms with Crippen molar-refractivity contribution in [1.82, 2.24) is 15.0 Å². The number of hydrogen-bond acceptors (Lipinski definition) is 6. The van der Waals surface area contributed by atoms with E-state index in [4.69, 9.17) is 10.7 Å². The average Bonchev–Trinajstić information content (AvgIpc) is 2.81. The molecule has 0 saturated heterocycles. The number of fused-ring (bicyclic) bond motifs is 1. The van der Waals surface area contributed by atoms with Gasteiger partial charge in [0.25, 0.3) is 0 Å². The molecule has 4 N–H and O–H groups in total. The van der Waals surface area contributed by atoms with Crippen LogP contribution in [0.1, 0.15) is 31.7 Å². The first-order valence-electron chi connectivity index (χ1n) is 11.1. The van der Waals surface area contributed by atoms with Crippen LogP contribution in [0.5, 0.6) is 0 Å². The van der Waals surface area contributed by atoms with E-state index in [1.807, 2.05) is 18.2 Å². The summed E-state index contributed by atoms with van der Waals surface area (Å²) in [5.74, 6) is 0.453. The van der Waals surface area contributed by atoms with E-state index in [9.17, 15) is 5.11 Å². The van der Waals surface area contributed by atoms with Crippen LogP contribution in [-0.4, -0.2) is 32.7 Å². The van der Waals surface area contributed by atoms with Gasteiger partial charge in [-0.1, -0.05) is 54.6 Å². The Morgan fingerprint density at radius 3 is 2.44 bits per heavy atom. The Morgan fingerprint density at radius 2 is 1.78 bits per heavy atom. The summed E-state index contributed by atoms with van der Waals surface area (Å²) in [6, 6.07) is 20.8. The third-order valence-corrected chi connectivity index (χ3v) is 6.19. The lowest BCUT2D eigenvalue weighted by atomic mass is 9.72. The highest BCUT2D eigenvalue weighted by Gasteiger charge is 2.34. The number of anilines is 1. The maximum atomic E-state index is 9.54. The Bertz CT molecular complexity index is 1230. The summed E-state index contributed by atoms with van der Waals surface area (Å²) >= 11 is 0. The molecule has 0 spiro atoms. The van der Waals surface area contributed by atoms with Crippen molar-refractivity contribution in [2.45, 2.75) is 37.8 Å². The molecule has 0 amide bonds. The highest BCUT2D eigenvalue weighted by atomic mass is 16.3. The third-order valence-electron chi connectivity index (χ3n) is 6.19. The molecule has 4 aromatic rings. The van der Waals surface area contributed by atoms with Crippen molar-refractivity contribution in [2.75, 3.05) is 11.9 Å². The average molecular weight is 426 g/mol. The second-order valence-corrected chi connectivity index (χ2v) is 8.67. The van der Waals surface area contributed by atoms with E-state index in [2.05, 4.69) is 57.7 Å². The number of benzene rings is 2. The number of aliphatic hydroxyl groups is 1. The molecule has 0 aliphatic heterocycles. The molecule has 162 valence electrons. The molecule has 5 rings (SSSR count). The molecule has 1 saturated carbocycles. The Hall–Kier alpha value is -3.35. The molecule has 6 nitrogen and oxygen atoms in total. The van der Waals surface area contributed by atoms with Crippen molar-refractivity contribution in [3.05, 3.63) is 72.4 Å². The number of nitrogens with two attached hydrogens (primary N) is 1. The number of nitrogens with zero attached hydrogens (tertiary/aromatic N) is 3. The molecule has 32 heavy (non-hydrogen) atoms. The summed E-state index contributed by atoms with van der Waals surface area (Å²) in [5, 5.41) is 13.5. The molecule has 6 heteroatoms. The van der Waals surface area contributed by atoms with E-state index < -0.39 is 6.10 Å². The maximum absolute atomic E-state index is 9.54. The van der Waals surface area contributed by atoms with E-state index in [1.165, 1.54) is 12.0 Å². The quantitative estimate of drug-likeness (QED) is 0.421. The first-order valence-corrected chi connectivity index (χ1v) is 11.1. The summed E-state index contributed by atoms with van der Waals surface area (Å²) in [4.78, 5) is 13.9. The standard InChI is InChI=1S/C26H27N5O/c1-17(32)15-28-25-29-16-20-14-22(18-6-3-2-4-7-18)23(30-24(20)31-25)19-8-10-21(11-9-19)26(27)12-5-13-26/h2-4,6-11,14,16-17,32H,5,12-13,15,27H2,1H3,(H,28,29,30,31)/t17-/m0/s1. The van der Waals surface area contributed by atoms with Gasteiger partial charge in [0.2, 0.25) is 5.95 Å². The number of aromatic nitrogens is 3. The van der Waals surface area contributed by atoms with E-state index in [-0.39, 0.29) is 5.54 Å². The number of rotatable bonds is 6. The fourth-order valence-electron chi connectivity index (χ4n) is 4.15. The van der Waals surface area contributed by atoms with E-state index in [1.54, 1.807) is 13.1 Å². The van der Waals surface area contributed by atoms with Gasteiger partial charge < -0.3 is 16.2 Å². The lowest BCUT2D eigenvalue weighted by Crippen LogP contribution is -2.43. The molecule has 0 radical (unpaired) electrons. The predicted octanol–water partition coefficient (Wildman–Crippen LogP) is 4.49. The van der Waals surface area contributed by atoms with Crippen LogP contribution in [0.2, 0.25) is 0 Å². The summed E-state index contributed by atoms with van der Waals surface area (Å²) in [6.07, 6.45) is 4.55. The molecule has 0 unspecified atom stereocenters. The Labute approximate surface area is 187 Å². The summed E-state index contributed by atoms with van der Waals surface area (Å²) in [7, 11) is 0. The minimum atomic E-state index is -0.488. The zero-order valence-electron chi connectivity index (χ0n) is 18.1. The van der Waals surface area contributed by atoms with Gasteiger partial charge in [-0.2, -0.15) is 4.98 Å². The van der Waals surface area contributed by atoms with Crippen molar-refractivity contribution < 1.29 is 5.11 Å². The molecule has 1 aliphatic rings. The predicted molar refractivity (Wildman–Crippen MR) is 128 cm³/mol. The van der Waals surface area contributed by atoms with E-state index >= 15 is 0 Å². The Balaban J connectivity index is 1.60. The highest BCUT2D eigenvalue weighted by molar-refractivity contribution is 5.90. The van der Waals surface area contributed by atoms with Crippen molar-refractivity contribution in [3.63, 3.8) is 0 Å². The molecule has 0 bridgehead atoms. The van der Waals surface area contributed by atoms with Gasteiger partial charge in [0.05, 0.1) is 11.8 Å². The maximum Gasteiger partial charge on any atom is 0.224 e. The van der Waals surface area contributed by atoms with Crippen molar-refractivity contribution in [3.8, 4) is 22.4 Å². The van der Waals surface area contributed by atoms with Gasteiger partial charge in [0.1, 0.15) is 0 Å². The Morgan fingerprint density at radius 1 is 1.03 bits per heavy atom. The fourth-order valence-corrected chi connectivity index (χ4v) is 4.15. The van der Waals surface area contributed by atoms with Crippen LogP contribution in [0.4, 0.5) is 5.95 Å². The first-order chi connectivity index (χ1) is 15.5. The second kappa shape index (κ2) is 8.30. The molecule has 1 atom stereocenters. The topological polar surface area (TPSA) is 97.0 Å². The highest BCUT2D eigenvalue weighted by Crippen LogP contribution is 2.40. The SMILES string of the molecule is C[C@H](O)CNc1ncc2cc(-c3ccccc3)c(-c3ccc(C4(N)CCC4)cc3)nc2n1. The molecule has 1 fully saturated rings. The Kier molecular flexibility index (Phi) is 5.33. The first kappa shape index (κ1) is 20.5. The van der Waals surface area contributed by atoms with Crippen LogP contribution in [0, 0.1) is 0 Å². The van der Waals surface area contributed by atoms with Crippen LogP contribution < -0.4 is 11.1 Å². The van der Waals surface area contributed by atoms with Crippen LogP contribution >= 0.6 is 0 Å². The molecular formula is C26H27N5O. The zero-order chi connectivity index (χ0) is 22.1. The normalized spacial score (nSPS) is 15.8. The van der Waals surface area contributed by atoms with Gasteiger partial charge in [-0.25, -0.2) is 9.97 Å². The number of nitrogens with one attached hydrogen (secondary N) is 1. The second-order valence-electron chi connectivity index (χ2n) is 8.67. The van der Waals surface area contributed by atoms with Gasteiger partial charge in [-0.3, -0.25) is 0 Å². The smallest absolute Gasteiger partial charge is 0.224 e. The lowest BCUT2D eigenvalue weighted by Gasteiger charge is -2.38. The third kappa shape index (κ3) is 3.95. The molecular weight excluding hydrogens is 398 g/mol. The van der Waals surface area contributed by atoms with E-state index in [0.717, 1.165) is 40.6 Å². The lowest BCUT2D eigenvalue weighted by molar-refractivity contribution is 0.208. The van der Waals surface area contributed by atoms with Gasteiger partial charge in [-0.05, 0) is 43.4 Å². The zero-order valence-corrected chi connectivity index (χ0v) is 18.1. The van der Waals surface area contributed by atoms with Crippen LogP contribution in [0.3, 0.4) is 0 Å². The minimum absolute atomic E-state index is 0.185. The largest absolute Gasteiger partial charge is 0.392 e. The van der Waals surface area contributed by atoms with Crippen LogP contribution in [-0.2, 0) is 5.54 Å². The summed E-state index contributed by atoms with van der Waals surface area (Å²) < 4.78 is 0. The number of hydrogen-bond donors (Lipinski definition) is 3. The summed E-state index contributed by atoms with van der Waals surface area (Å²) in [5.41, 5.74) is 12.1. The van der Waals surface area contributed by atoms with Crippen molar-refractivity contribution >= 4 is 17.0 Å². The fraction of sp³-hybridized carbons (Fsp3) is 0.269. The van der Waals surface area contributed by atoms with Crippen LogP contribution in [0.25, 0.3) is 33.4 Å². The van der Waals surface area contributed by atoms with Crippen molar-refractivity contribution in [1.29, 1.82) is 0 Å². The number of aliphatic hydroxyl groups excluding tert-OH is 1. The monoisotopic (exact) mass is 425 g/mol. The van der Waals surface area contributed by atoms with Crippen LogP contribution in [0.15, 0.2) is 66.9 Å². The molecule has 2 heterocycles. The molecule has 1 aliphatic carbocycles. The van der Waals surface area contributed by atoms with Gasteiger partial charge in [0, 0.05) is 34.8 Å². The van der Waals surface area contributed by atoms with Crippen molar-refractivity contribution in [2.24, 2.45) is 5.73 Å². The number of pyridine rings is 1. The van der Waals surface area contributed by atoms with Gasteiger partial charge in [0.15, 0.2) is 5.65 Å². The van der Waals surface area contributed by atoms with Gasteiger partial charge >= 0.3 is 0 Å².